The molecule has 14 heavy (non-hydrogen) atoms. The molecule has 2 N–H and O–H groups in total. The van der Waals surface area contributed by atoms with Crippen molar-refractivity contribution in [3.63, 3.8) is 0 Å². The van der Waals surface area contributed by atoms with Gasteiger partial charge < -0.3 is 15.5 Å². The van der Waals surface area contributed by atoms with Gasteiger partial charge in [-0.1, -0.05) is 6.92 Å². The molecule has 0 bridgehead atoms. The third kappa shape index (κ3) is 3.64. The summed E-state index contributed by atoms with van der Waals surface area (Å²) in [7, 11) is 2.06. The second kappa shape index (κ2) is 5.98. The van der Waals surface area contributed by atoms with Crippen molar-refractivity contribution in [1.82, 2.24) is 15.5 Å². The average Bonchev–Trinajstić information content (AvgIpc) is 2.70. The molecule has 1 fully saturated rings. The van der Waals surface area contributed by atoms with Crippen LogP contribution in [-0.2, 0) is 4.79 Å². The minimum Gasteiger partial charge on any atom is -0.353 e. The summed E-state index contributed by atoms with van der Waals surface area (Å²) in [6.07, 6.45) is 2.10. The van der Waals surface area contributed by atoms with Crippen LogP contribution in [0.1, 0.15) is 19.8 Å². The van der Waals surface area contributed by atoms with Gasteiger partial charge in [-0.25, -0.2) is 0 Å². The highest BCUT2D eigenvalue weighted by atomic mass is 16.2. The standard InChI is InChI=1S/C10H21N3O/c1-3-13(2)8-7-12-10(14)9-5-4-6-11-9/h9,11H,3-8H2,1-2H3,(H,12,14)/t9-/m1/s1. The van der Waals surface area contributed by atoms with Gasteiger partial charge in [0.1, 0.15) is 0 Å². The van der Waals surface area contributed by atoms with Crippen LogP contribution in [0.4, 0.5) is 0 Å². The highest BCUT2D eigenvalue weighted by Gasteiger charge is 2.21. The maximum Gasteiger partial charge on any atom is 0.237 e. The van der Waals surface area contributed by atoms with E-state index in [-0.39, 0.29) is 11.9 Å². The van der Waals surface area contributed by atoms with Crippen LogP contribution in [0.15, 0.2) is 0 Å². The molecule has 1 aliphatic rings. The molecule has 82 valence electrons. The SMILES string of the molecule is CCN(C)CCNC(=O)[C@H]1CCCN1. The summed E-state index contributed by atoms with van der Waals surface area (Å²) in [6.45, 7) is 5.79. The Morgan fingerprint density at radius 1 is 1.64 bits per heavy atom. The Morgan fingerprint density at radius 2 is 2.43 bits per heavy atom. The molecule has 0 aromatic heterocycles. The molecular weight excluding hydrogens is 178 g/mol. The lowest BCUT2D eigenvalue weighted by Crippen LogP contribution is -2.42. The van der Waals surface area contributed by atoms with Gasteiger partial charge in [0.2, 0.25) is 5.91 Å². The van der Waals surface area contributed by atoms with E-state index in [9.17, 15) is 4.79 Å². The third-order valence-corrected chi connectivity index (χ3v) is 2.71. The molecular formula is C10H21N3O. The number of carbonyl (C=O) groups is 1. The number of carbonyl (C=O) groups excluding carboxylic acids is 1. The second-order valence-corrected chi connectivity index (χ2v) is 3.84. The Bertz CT molecular complexity index is 178. The zero-order valence-electron chi connectivity index (χ0n) is 9.18. The predicted octanol–water partition coefficient (Wildman–Crippen LogP) is -0.194. The van der Waals surface area contributed by atoms with Crippen molar-refractivity contribution in [2.45, 2.75) is 25.8 Å². The molecule has 0 aliphatic carbocycles. The second-order valence-electron chi connectivity index (χ2n) is 3.84. The minimum atomic E-state index is 0.0573. The van der Waals surface area contributed by atoms with Gasteiger partial charge in [-0.3, -0.25) is 4.79 Å². The fourth-order valence-electron chi connectivity index (χ4n) is 1.56. The van der Waals surface area contributed by atoms with Crippen LogP contribution in [0.5, 0.6) is 0 Å². The molecule has 4 heteroatoms. The molecule has 0 aromatic rings. The zero-order chi connectivity index (χ0) is 10.4. The van der Waals surface area contributed by atoms with E-state index in [1.165, 1.54) is 0 Å². The first kappa shape index (κ1) is 11.5. The first-order chi connectivity index (χ1) is 6.74. The molecule has 1 aliphatic heterocycles. The van der Waals surface area contributed by atoms with Crippen molar-refractivity contribution in [3.05, 3.63) is 0 Å². The van der Waals surface area contributed by atoms with Crippen LogP contribution in [0, 0.1) is 0 Å². The minimum absolute atomic E-state index is 0.0573. The number of hydrogen-bond acceptors (Lipinski definition) is 3. The normalized spacial score (nSPS) is 21.5. The lowest BCUT2D eigenvalue weighted by Gasteiger charge is -2.15. The zero-order valence-corrected chi connectivity index (χ0v) is 9.18. The maximum atomic E-state index is 11.5. The number of hydrogen-bond donors (Lipinski definition) is 2. The molecule has 1 saturated heterocycles. The van der Waals surface area contributed by atoms with E-state index in [1.54, 1.807) is 0 Å². The van der Waals surface area contributed by atoms with Gasteiger partial charge in [-0.2, -0.15) is 0 Å². The van der Waals surface area contributed by atoms with Crippen LogP contribution in [0.3, 0.4) is 0 Å². The molecule has 0 aromatic carbocycles. The molecule has 1 amide bonds. The Balaban J connectivity index is 2.08. The van der Waals surface area contributed by atoms with Gasteiger partial charge in [-0.05, 0) is 33.0 Å². The van der Waals surface area contributed by atoms with Crippen LogP contribution < -0.4 is 10.6 Å². The third-order valence-electron chi connectivity index (χ3n) is 2.71. The van der Waals surface area contributed by atoms with Crippen LogP contribution in [-0.4, -0.2) is 50.1 Å². The maximum absolute atomic E-state index is 11.5. The molecule has 1 atom stereocenters. The monoisotopic (exact) mass is 199 g/mol. The first-order valence-corrected chi connectivity index (χ1v) is 5.43. The lowest BCUT2D eigenvalue weighted by molar-refractivity contribution is -0.122. The highest BCUT2D eigenvalue weighted by molar-refractivity contribution is 5.81. The summed E-state index contributed by atoms with van der Waals surface area (Å²) in [5.74, 6) is 0.159. The number of rotatable bonds is 5. The summed E-state index contributed by atoms with van der Waals surface area (Å²) >= 11 is 0. The van der Waals surface area contributed by atoms with Gasteiger partial charge in [-0.15, -0.1) is 0 Å². The largest absolute Gasteiger partial charge is 0.353 e. The van der Waals surface area contributed by atoms with Crippen molar-refractivity contribution >= 4 is 5.91 Å². The van der Waals surface area contributed by atoms with Crippen molar-refractivity contribution < 1.29 is 4.79 Å². The quantitative estimate of drug-likeness (QED) is 0.645. The Labute approximate surface area is 86.0 Å². The number of nitrogens with one attached hydrogen (secondary N) is 2. The summed E-state index contributed by atoms with van der Waals surface area (Å²) in [6, 6.07) is 0.0573. The number of amides is 1. The molecule has 0 spiro atoms. The fourth-order valence-corrected chi connectivity index (χ4v) is 1.56. The lowest BCUT2D eigenvalue weighted by atomic mass is 10.2. The van der Waals surface area contributed by atoms with Crippen molar-refractivity contribution in [2.75, 3.05) is 33.2 Å². The van der Waals surface area contributed by atoms with Gasteiger partial charge in [0.15, 0.2) is 0 Å². The summed E-state index contributed by atoms with van der Waals surface area (Å²) in [5.41, 5.74) is 0. The van der Waals surface area contributed by atoms with Crippen molar-refractivity contribution in [3.8, 4) is 0 Å². The molecule has 1 heterocycles. The van der Waals surface area contributed by atoms with Crippen LogP contribution >= 0.6 is 0 Å². The topological polar surface area (TPSA) is 44.4 Å². The summed E-state index contributed by atoms with van der Waals surface area (Å²) in [5, 5.41) is 6.13. The summed E-state index contributed by atoms with van der Waals surface area (Å²) < 4.78 is 0. The van der Waals surface area contributed by atoms with E-state index < -0.39 is 0 Å². The van der Waals surface area contributed by atoms with Gasteiger partial charge in [0, 0.05) is 13.1 Å². The van der Waals surface area contributed by atoms with E-state index in [2.05, 4.69) is 29.5 Å². The van der Waals surface area contributed by atoms with E-state index in [0.717, 1.165) is 39.0 Å². The number of nitrogens with zero attached hydrogens (tertiary/aromatic N) is 1. The van der Waals surface area contributed by atoms with Crippen LogP contribution in [0.2, 0.25) is 0 Å². The van der Waals surface area contributed by atoms with Crippen molar-refractivity contribution in [1.29, 1.82) is 0 Å². The van der Waals surface area contributed by atoms with Crippen molar-refractivity contribution in [2.24, 2.45) is 0 Å². The first-order valence-electron chi connectivity index (χ1n) is 5.43. The Kier molecular flexibility index (Phi) is 4.90. The van der Waals surface area contributed by atoms with E-state index >= 15 is 0 Å². The fraction of sp³-hybridized carbons (Fsp3) is 0.900. The van der Waals surface area contributed by atoms with E-state index in [4.69, 9.17) is 0 Å². The molecule has 4 nitrogen and oxygen atoms in total. The molecule has 1 rings (SSSR count). The number of likely N-dealkylation sites (N-methyl/N-ethyl adjacent to an activating group) is 1. The van der Waals surface area contributed by atoms with Gasteiger partial charge in [0.25, 0.3) is 0 Å². The summed E-state index contributed by atoms with van der Waals surface area (Å²) in [4.78, 5) is 13.7. The van der Waals surface area contributed by atoms with E-state index in [0.29, 0.717) is 0 Å². The predicted molar refractivity (Wildman–Crippen MR) is 57.2 cm³/mol. The van der Waals surface area contributed by atoms with E-state index in [1.807, 2.05) is 0 Å². The molecule has 0 radical (unpaired) electrons. The van der Waals surface area contributed by atoms with Gasteiger partial charge >= 0.3 is 0 Å². The van der Waals surface area contributed by atoms with Gasteiger partial charge in [0.05, 0.1) is 6.04 Å². The molecule has 0 unspecified atom stereocenters. The molecule has 0 saturated carbocycles. The smallest absolute Gasteiger partial charge is 0.237 e. The Hall–Kier alpha value is -0.610. The average molecular weight is 199 g/mol. The highest BCUT2D eigenvalue weighted by Crippen LogP contribution is 2.03. The van der Waals surface area contributed by atoms with Crippen LogP contribution in [0.25, 0.3) is 0 Å². The Morgan fingerprint density at radius 3 is 3.00 bits per heavy atom.